The van der Waals surface area contributed by atoms with E-state index in [0.29, 0.717) is 5.59 Å². The number of nitrogens with zero attached hydrogens (tertiary/aromatic N) is 4. The summed E-state index contributed by atoms with van der Waals surface area (Å²) in [6.07, 6.45) is 0. The van der Waals surface area contributed by atoms with Crippen LogP contribution in [0, 0.1) is 6.92 Å². The van der Waals surface area contributed by atoms with Crippen molar-refractivity contribution in [3.05, 3.63) is 23.1 Å². The molecule has 0 saturated carbocycles. The van der Waals surface area contributed by atoms with Crippen LogP contribution in [-0.2, 0) is 7.05 Å². The van der Waals surface area contributed by atoms with Gasteiger partial charge in [0, 0.05) is 17.5 Å². The molecule has 0 aliphatic heterocycles. The van der Waals surface area contributed by atoms with Crippen molar-refractivity contribution in [1.29, 1.82) is 0 Å². The highest BCUT2D eigenvalue weighted by Gasteiger charge is 2.09. The van der Waals surface area contributed by atoms with Crippen molar-refractivity contribution >= 4 is 36.0 Å². The molecule has 0 unspecified atom stereocenters. The molecule has 0 atom stereocenters. The van der Waals surface area contributed by atoms with E-state index in [4.69, 9.17) is 7.85 Å². The van der Waals surface area contributed by atoms with E-state index < -0.39 is 0 Å². The molecule has 0 saturated heterocycles. The average molecular weight is 270 g/mol. The maximum absolute atomic E-state index is 5.67. The summed E-state index contributed by atoms with van der Waals surface area (Å²) in [5.74, 6) is 0. The van der Waals surface area contributed by atoms with Crippen molar-refractivity contribution in [3.63, 3.8) is 0 Å². The van der Waals surface area contributed by atoms with E-state index in [0.717, 1.165) is 27.3 Å². The highest BCUT2D eigenvalue weighted by atomic mass is 32.1. The molecule has 0 fully saturated rings. The van der Waals surface area contributed by atoms with Gasteiger partial charge in [-0.15, -0.1) is 0 Å². The summed E-state index contributed by atoms with van der Waals surface area (Å²) >= 11 is 1.47. The topological polar surface area (TPSA) is 43.6 Å². The SMILES string of the molecule is CC.[B]c1cc(-c2ccc3nsc(C)c3n2)n(C)n1. The molecule has 0 spiro atoms. The van der Waals surface area contributed by atoms with Gasteiger partial charge in [-0.3, -0.25) is 4.68 Å². The Bertz CT molecular complexity index is 702. The van der Waals surface area contributed by atoms with Gasteiger partial charge < -0.3 is 0 Å². The van der Waals surface area contributed by atoms with Gasteiger partial charge in [0.1, 0.15) is 18.9 Å². The van der Waals surface area contributed by atoms with E-state index in [1.807, 2.05) is 46.0 Å². The van der Waals surface area contributed by atoms with Crippen LogP contribution in [0.15, 0.2) is 18.2 Å². The predicted octanol–water partition coefficient (Wildman–Crippen LogP) is 2.22. The van der Waals surface area contributed by atoms with Crippen LogP contribution in [0.5, 0.6) is 0 Å². The number of aryl methyl sites for hydroxylation is 2. The van der Waals surface area contributed by atoms with Gasteiger partial charge in [-0.1, -0.05) is 13.8 Å². The fraction of sp³-hybridized carbons (Fsp3) is 0.308. The van der Waals surface area contributed by atoms with Gasteiger partial charge in [-0.25, -0.2) is 4.98 Å². The molecule has 19 heavy (non-hydrogen) atoms. The highest BCUT2D eigenvalue weighted by Crippen LogP contribution is 2.23. The van der Waals surface area contributed by atoms with Crippen LogP contribution in [-0.4, -0.2) is 27.0 Å². The lowest BCUT2D eigenvalue weighted by atomic mass is 10.0. The lowest BCUT2D eigenvalue weighted by Gasteiger charge is -2.01. The van der Waals surface area contributed by atoms with E-state index in [9.17, 15) is 0 Å². The molecule has 2 radical (unpaired) electrons. The fourth-order valence-corrected chi connectivity index (χ4v) is 2.44. The van der Waals surface area contributed by atoms with Crippen LogP contribution >= 0.6 is 11.5 Å². The molecule has 3 rings (SSSR count). The van der Waals surface area contributed by atoms with E-state index in [1.54, 1.807) is 4.68 Å². The molecule has 96 valence electrons. The third-order valence-electron chi connectivity index (χ3n) is 2.65. The van der Waals surface area contributed by atoms with Crippen molar-refractivity contribution in [1.82, 2.24) is 19.1 Å². The van der Waals surface area contributed by atoms with Crippen LogP contribution in [0.1, 0.15) is 18.7 Å². The maximum Gasteiger partial charge on any atom is 0.144 e. The molecule has 3 aromatic rings. The Morgan fingerprint density at radius 3 is 2.63 bits per heavy atom. The van der Waals surface area contributed by atoms with Gasteiger partial charge in [-0.2, -0.15) is 9.47 Å². The first kappa shape index (κ1) is 13.7. The Hall–Kier alpha value is -1.69. The van der Waals surface area contributed by atoms with Crippen LogP contribution in [0.4, 0.5) is 0 Å². The first-order valence-electron chi connectivity index (χ1n) is 6.18. The summed E-state index contributed by atoms with van der Waals surface area (Å²) in [5, 5.41) is 4.12. The Labute approximate surface area is 118 Å². The van der Waals surface area contributed by atoms with Gasteiger partial charge >= 0.3 is 0 Å². The molecule has 3 aromatic heterocycles. The molecule has 0 N–H and O–H groups in total. The van der Waals surface area contributed by atoms with Gasteiger partial charge in [0.15, 0.2) is 0 Å². The monoisotopic (exact) mass is 270 g/mol. The number of hydrogen-bond acceptors (Lipinski definition) is 4. The quantitative estimate of drug-likeness (QED) is 0.637. The summed E-state index contributed by atoms with van der Waals surface area (Å²) in [4.78, 5) is 5.73. The van der Waals surface area contributed by atoms with Crippen molar-refractivity contribution < 1.29 is 0 Å². The highest BCUT2D eigenvalue weighted by molar-refractivity contribution is 7.07. The average Bonchev–Trinajstić information content (AvgIpc) is 2.95. The van der Waals surface area contributed by atoms with E-state index in [-0.39, 0.29) is 0 Å². The zero-order chi connectivity index (χ0) is 14.0. The largest absolute Gasteiger partial charge is 0.267 e. The Kier molecular flexibility index (Phi) is 4.00. The van der Waals surface area contributed by atoms with Crippen LogP contribution < -0.4 is 5.59 Å². The lowest BCUT2D eigenvalue weighted by molar-refractivity contribution is 0.782. The van der Waals surface area contributed by atoms with Crippen molar-refractivity contribution in [2.24, 2.45) is 7.05 Å². The van der Waals surface area contributed by atoms with Crippen LogP contribution in [0.25, 0.3) is 22.4 Å². The van der Waals surface area contributed by atoms with E-state index in [2.05, 4.69) is 14.5 Å². The van der Waals surface area contributed by atoms with Gasteiger partial charge in [0.25, 0.3) is 0 Å². The van der Waals surface area contributed by atoms with E-state index >= 15 is 0 Å². The molecular formula is C13H15BN4S. The number of hydrogen-bond donors (Lipinski definition) is 0. The summed E-state index contributed by atoms with van der Waals surface area (Å²) in [6.45, 7) is 6.02. The predicted molar refractivity (Wildman–Crippen MR) is 81.1 cm³/mol. The molecule has 6 heteroatoms. The zero-order valence-corrected chi connectivity index (χ0v) is 12.3. The minimum Gasteiger partial charge on any atom is -0.267 e. The molecule has 0 bridgehead atoms. The maximum atomic E-state index is 5.67. The zero-order valence-electron chi connectivity index (χ0n) is 11.5. The summed E-state index contributed by atoms with van der Waals surface area (Å²) in [6, 6.07) is 5.74. The minimum atomic E-state index is 0.504. The Morgan fingerprint density at radius 1 is 1.26 bits per heavy atom. The van der Waals surface area contributed by atoms with E-state index in [1.165, 1.54) is 11.5 Å². The van der Waals surface area contributed by atoms with Gasteiger partial charge in [0.2, 0.25) is 0 Å². The van der Waals surface area contributed by atoms with Gasteiger partial charge in [0.05, 0.1) is 11.4 Å². The second-order valence-corrected chi connectivity index (χ2v) is 4.86. The number of rotatable bonds is 1. The third kappa shape index (κ3) is 2.54. The van der Waals surface area contributed by atoms with Crippen molar-refractivity contribution in [2.75, 3.05) is 0 Å². The number of fused-ring (bicyclic) bond motifs is 1. The molecule has 4 nitrogen and oxygen atoms in total. The smallest absolute Gasteiger partial charge is 0.144 e. The van der Waals surface area contributed by atoms with Crippen LogP contribution in [0.2, 0.25) is 0 Å². The molecule has 0 aliphatic carbocycles. The molecule has 0 aliphatic rings. The first-order chi connectivity index (χ1) is 9.15. The molecule has 0 aromatic carbocycles. The van der Waals surface area contributed by atoms with Crippen molar-refractivity contribution in [2.45, 2.75) is 20.8 Å². The van der Waals surface area contributed by atoms with Crippen LogP contribution in [0.3, 0.4) is 0 Å². The first-order valence-corrected chi connectivity index (χ1v) is 6.95. The Morgan fingerprint density at radius 2 is 2.00 bits per heavy atom. The minimum absolute atomic E-state index is 0.504. The normalized spacial score (nSPS) is 10.3. The standard InChI is InChI=1S/C11H9BN4S.C2H6/c1-6-11-8(15-17-6)4-3-7(13-11)9-5-10(12)14-16(9)2;1-2/h3-5H,1-2H3;1-2H3. The number of aromatic nitrogens is 4. The summed E-state index contributed by atoms with van der Waals surface area (Å²) < 4.78 is 6.05. The molecular weight excluding hydrogens is 255 g/mol. The number of pyridine rings is 1. The van der Waals surface area contributed by atoms with Gasteiger partial charge in [-0.05, 0) is 36.7 Å². The third-order valence-corrected chi connectivity index (χ3v) is 3.40. The Balaban J connectivity index is 0.000000637. The fourth-order valence-electron chi connectivity index (χ4n) is 1.82. The molecule has 0 amide bonds. The molecule has 3 heterocycles. The van der Waals surface area contributed by atoms with Crippen molar-refractivity contribution in [3.8, 4) is 11.4 Å². The second-order valence-electron chi connectivity index (χ2n) is 3.88. The summed E-state index contributed by atoms with van der Waals surface area (Å²) in [7, 11) is 7.53. The summed E-state index contributed by atoms with van der Waals surface area (Å²) in [5.41, 5.74) is 4.17. The second kappa shape index (κ2) is 5.53. The lowest BCUT2D eigenvalue weighted by Crippen LogP contribution is -2.04.